The summed E-state index contributed by atoms with van der Waals surface area (Å²) in [4.78, 5) is 15.9. The van der Waals surface area contributed by atoms with Crippen LogP contribution in [0.5, 0.6) is 0 Å². The van der Waals surface area contributed by atoms with Crippen molar-refractivity contribution in [2.24, 2.45) is 0 Å². The van der Waals surface area contributed by atoms with Crippen LogP contribution in [0.15, 0.2) is 11.9 Å². The van der Waals surface area contributed by atoms with Crippen LogP contribution in [-0.4, -0.2) is 41.1 Å². The second-order valence-electron chi connectivity index (χ2n) is 5.74. The number of hydrogen-bond donors (Lipinski definition) is 0. The molecule has 0 aromatic heterocycles. The molecular weight excluding hydrogens is 216 g/mol. The summed E-state index contributed by atoms with van der Waals surface area (Å²) < 4.78 is 5.36. The molecule has 0 unspecified atom stereocenters. The first-order valence-corrected chi connectivity index (χ1v) is 6.41. The Morgan fingerprint density at radius 1 is 1.24 bits per heavy atom. The van der Waals surface area contributed by atoms with Gasteiger partial charge in [0.2, 0.25) is 0 Å². The number of carbonyl (C=O) groups excluding carboxylic acids is 1. The topological polar surface area (TPSA) is 32.8 Å². The van der Waals surface area contributed by atoms with Crippen LogP contribution in [0.2, 0.25) is 0 Å². The number of amides is 1. The van der Waals surface area contributed by atoms with Gasteiger partial charge in [-0.2, -0.15) is 0 Å². The molecule has 0 aliphatic carbocycles. The molecule has 0 atom stereocenters. The fourth-order valence-corrected chi connectivity index (χ4v) is 2.25. The Balaban J connectivity index is 1.93. The van der Waals surface area contributed by atoms with Gasteiger partial charge in [-0.25, -0.2) is 4.79 Å². The summed E-state index contributed by atoms with van der Waals surface area (Å²) in [7, 11) is 0. The lowest BCUT2D eigenvalue weighted by Crippen LogP contribution is -2.32. The van der Waals surface area contributed by atoms with Crippen molar-refractivity contribution in [3.8, 4) is 0 Å². The van der Waals surface area contributed by atoms with E-state index >= 15 is 0 Å². The highest BCUT2D eigenvalue weighted by atomic mass is 16.6. The molecule has 0 aromatic rings. The van der Waals surface area contributed by atoms with Crippen molar-refractivity contribution in [1.29, 1.82) is 0 Å². The zero-order chi connectivity index (χ0) is 12.5. The molecule has 2 aliphatic heterocycles. The Kier molecular flexibility index (Phi) is 3.31. The first-order chi connectivity index (χ1) is 7.96. The predicted molar refractivity (Wildman–Crippen MR) is 66.4 cm³/mol. The van der Waals surface area contributed by atoms with Crippen molar-refractivity contribution in [2.45, 2.75) is 45.6 Å². The van der Waals surface area contributed by atoms with Crippen molar-refractivity contribution in [3.05, 3.63) is 11.9 Å². The SMILES string of the molecule is CC(C)(C)OC(=O)N1C=C(N2CCCC2)CC1. The van der Waals surface area contributed by atoms with Crippen LogP contribution < -0.4 is 0 Å². The molecule has 96 valence electrons. The van der Waals surface area contributed by atoms with E-state index in [1.54, 1.807) is 4.90 Å². The van der Waals surface area contributed by atoms with Crippen molar-refractivity contribution in [3.63, 3.8) is 0 Å². The monoisotopic (exact) mass is 238 g/mol. The Morgan fingerprint density at radius 3 is 2.47 bits per heavy atom. The molecule has 0 radical (unpaired) electrons. The molecule has 1 amide bonds. The Hall–Kier alpha value is -1.19. The summed E-state index contributed by atoms with van der Waals surface area (Å²) in [6, 6.07) is 0. The molecule has 0 N–H and O–H groups in total. The second kappa shape index (κ2) is 4.59. The van der Waals surface area contributed by atoms with Crippen molar-refractivity contribution >= 4 is 6.09 Å². The van der Waals surface area contributed by atoms with Gasteiger partial charge in [0.25, 0.3) is 0 Å². The summed E-state index contributed by atoms with van der Waals surface area (Å²) in [5, 5.41) is 0. The first-order valence-electron chi connectivity index (χ1n) is 6.41. The normalized spacial score (nSPS) is 20.8. The predicted octanol–water partition coefficient (Wildman–Crippen LogP) is 2.56. The Morgan fingerprint density at radius 2 is 1.88 bits per heavy atom. The van der Waals surface area contributed by atoms with Crippen LogP contribution in [0.25, 0.3) is 0 Å². The van der Waals surface area contributed by atoms with Crippen LogP contribution in [0.3, 0.4) is 0 Å². The van der Waals surface area contributed by atoms with Gasteiger partial charge < -0.3 is 9.64 Å². The fourth-order valence-electron chi connectivity index (χ4n) is 2.25. The molecule has 0 saturated carbocycles. The molecule has 0 spiro atoms. The summed E-state index contributed by atoms with van der Waals surface area (Å²) in [6.07, 6.45) is 5.22. The van der Waals surface area contributed by atoms with Crippen molar-refractivity contribution in [1.82, 2.24) is 9.80 Å². The number of nitrogens with zero attached hydrogens (tertiary/aromatic N) is 2. The molecule has 1 saturated heterocycles. The van der Waals surface area contributed by atoms with Gasteiger partial charge in [-0.3, -0.25) is 4.90 Å². The highest BCUT2D eigenvalue weighted by Gasteiger charge is 2.27. The molecule has 4 heteroatoms. The molecule has 17 heavy (non-hydrogen) atoms. The molecule has 1 fully saturated rings. The van der Waals surface area contributed by atoms with Gasteiger partial charge in [0.1, 0.15) is 5.60 Å². The minimum absolute atomic E-state index is 0.230. The standard InChI is InChI=1S/C13H22N2O2/c1-13(2,3)17-12(16)15-9-6-11(10-15)14-7-4-5-8-14/h10H,4-9H2,1-3H3. The molecule has 2 heterocycles. The third-order valence-corrected chi connectivity index (χ3v) is 3.05. The first kappa shape index (κ1) is 12.3. The number of rotatable bonds is 1. The summed E-state index contributed by atoms with van der Waals surface area (Å²) in [6.45, 7) is 8.70. The fraction of sp³-hybridized carbons (Fsp3) is 0.769. The Bertz CT molecular complexity index is 325. The smallest absolute Gasteiger partial charge is 0.414 e. The van der Waals surface area contributed by atoms with Crippen LogP contribution in [0.4, 0.5) is 4.79 Å². The maximum absolute atomic E-state index is 11.9. The summed E-state index contributed by atoms with van der Waals surface area (Å²) >= 11 is 0. The van der Waals surface area contributed by atoms with Crippen LogP contribution in [-0.2, 0) is 4.74 Å². The van der Waals surface area contributed by atoms with Crippen molar-refractivity contribution < 1.29 is 9.53 Å². The minimum Gasteiger partial charge on any atom is -0.443 e. The average molecular weight is 238 g/mol. The van der Waals surface area contributed by atoms with Gasteiger partial charge in [0.15, 0.2) is 0 Å². The molecule has 0 aromatic carbocycles. The van der Waals surface area contributed by atoms with Gasteiger partial charge in [0.05, 0.1) is 0 Å². The number of likely N-dealkylation sites (tertiary alicyclic amines) is 1. The number of hydrogen-bond acceptors (Lipinski definition) is 3. The highest BCUT2D eigenvalue weighted by Crippen LogP contribution is 2.24. The lowest BCUT2D eigenvalue weighted by atomic mass is 10.2. The van der Waals surface area contributed by atoms with Crippen molar-refractivity contribution in [2.75, 3.05) is 19.6 Å². The van der Waals surface area contributed by atoms with Gasteiger partial charge >= 0.3 is 6.09 Å². The van der Waals surface area contributed by atoms with Gasteiger partial charge in [0, 0.05) is 38.0 Å². The Labute approximate surface area is 103 Å². The zero-order valence-electron chi connectivity index (χ0n) is 11.0. The summed E-state index contributed by atoms with van der Waals surface area (Å²) in [5.74, 6) is 0. The lowest BCUT2D eigenvalue weighted by Gasteiger charge is -2.23. The largest absolute Gasteiger partial charge is 0.443 e. The molecule has 2 rings (SSSR count). The molecular formula is C13H22N2O2. The average Bonchev–Trinajstić information content (AvgIpc) is 2.86. The minimum atomic E-state index is -0.415. The number of ether oxygens (including phenoxy) is 1. The van der Waals surface area contributed by atoms with E-state index in [-0.39, 0.29) is 6.09 Å². The van der Waals surface area contributed by atoms with E-state index in [4.69, 9.17) is 4.74 Å². The van der Waals surface area contributed by atoms with E-state index in [9.17, 15) is 4.79 Å². The van der Waals surface area contributed by atoms with E-state index in [0.29, 0.717) is 0 Å². The molecule has 2 aliphatic rings. The van der Waals surface area contributed by atoms with Gasteiger partial charge in [-0.1, -0.05) is 0 Å². The maximum Gasteiger partial charge on any atom is 0.414 e. The highest BCUT2D eigenvalue weighted by molar-refractivity contribution is 5.70. The van der Waals surface area contributed by atoms with E-state index in [0.717, 1.165) is 26.1 Å². The van der Waals surface area contributed by atoms with Gasteiger partial charge in [-0.05, 0) is 33.6 Å². The second-order valence-corrected chi connectivity index (χ2v) is 5.74. The van der Waals surface area contributed by atoms with E-state index in [1.807, 2.05) is 27.0 Å². The van der Waals surface area contributed by atoms with Crippen LogP contribution in [0.1, 0.15) is 40.0 Å². The zero-order valence-corrected chi connectivity index (χ0v) is 11.0. The van der Waals surface area contributed by atoms with Crippen LogP contribution in [0, 0.1) is 0 Å². The third-order valence-electron chi connectivity index (χ3n) is 3.05. The van der Waals surface area contributed by atoms with E-state index in [1.165, 1.54) is 18.5 Å². The number of carbonyl (C=O) groups is 1. The molecule has 4 nitrogen and oxygen atoms in total. The van der Waals surface area contributed by atoms with Gasteiger partial charge in [-0.15, -0.1) is 0 Å². The van der Waals surface area contributed by atoms with E-state index in [2.05, 4.69) is 4.90 Å². The quantitative estimate of drug-likeness (QED) is 0.704. The third kappa shape index (κ3) is 3.14. The van der Waals surface area contributed by atoms with Crippen LogP contribution >= 0.6 is 0 Å². The maximum atomic E-state index is 11.9. The summed E-state index contributed by atoms with van der Waals surface area (Å²) in [5.41, 5.74) is 0.870. The lowest BCUT2D eigenvalue weighted by molar-refractivity contribution is 0.0349. The van der Waals surface area contributed by atoms with E-state index < -0.39 is 5.60 Å². The molecule has 0 bridgehead atoms.